The minimum absolute atomic E-state index is 0.178. The zero-order valence-corrected chi connectivity index (χ0v) is 20.0. The van der Waals surface area contributed by atoms with Crippen molar-refractivity contribution in [3.05, 3.63) is 81.5 Å². The lowest BCUT2D eigenvalue weighted by Gasteiger charge is -2.27. The molecule has 0 aliphatic carbocycles. The van der Waals surface area contributed by atoms with Gasteiger partial charge in [-0.3, -0.25) is 9.32 Å². The lowest BCUT2D eigenvalue weighted by atomic mass is 9.93. The van der Waals surface area contributed by atoms with Crippen LogP contribution in [0.3, 0.4) is 0 Å². The summed E-state index contributed by atoms with van der Waals surface area (Å²) in [4.78, 5) is 30.9. The van der Waals surface area contributed by atoms with Gasteiger partial charge in [0.05, 0.1) is 29.5 Å². The number of aryl methyl sites for hydroxylation is 1. The Morgan fingerprint density at radius 1 is 1.00 bits per heavy atom. The van der Waals surface area contributed by atoms with Gasteiger partial charge in [0.1, 0.15) is 22.7 Å². The molecule has 0 aliphatic rings. The van der Waals surface area contributed by atoms with E-state index in [2.05, 4.69) is 4.52 Å². The van der Waals surface area contributed by atoms with E-state index in [1.165, 1.54) is 0 Å². The first kappa shape index (κ1) is 25.3. The van der Waals surface area contributed by atoms with Crippen LogP contribution in [0.5, 0.6) is 11.5 Å². The average molecular weight is 520 g/mol. The first-order chi connectivity index (χ1) is 16.5. The van der Waals surface area contributed by atoms with Crippen molar-refractivity contribution in [3.63, 3.8) is 0 Å². The second kappa shape index (κ2) is 10.1. The van der Waals surface area contributed by atoms with Gasteiger partial charge in [0.2, 0.25) is 5.43 Å². The van der Waals surface area contributed by atoms with E-state index in [4.69, 9.17) is 36.3 Å². The van der Waals surface area contributed by atoms with E-state index >= 15 is 0 Å². The minimum atomic E-state index is -4.71. The van der Waals surface area contributed by atoms with Crippen LogP contribution in [-0.4, -0.2) is 33.6 Å². The fraction of sp³-hybridized carbons (Fsp3) is 0.208. The molecule has 0 bridgehead atoms. The van der Waals surface area contributed by atoms with Gasteiger partial charge in [-0.1, -0.05) is 23.7 Å². The van der Waals surface area contributed by atoms with E-state index in [1.54, 1.807) is 60.7 Å². The standard InChI is InChI=1S/C24H23ClNO8P/c25-16-2-1-3-17(11-16)33-18-5-7-21-20(12-18)23(28)19-6-4-15(10-22(19)34-21)8-9-24(26,13-27)14-32-35(29,30)31/h1-7,10-12,27H,8-9,13-14,26H2,(H2,29,30,31). The summed E-state index contributed by atoms with van der Waals surface area (Å²) < 4.78 is 27.2. The van der Waals surface area contributed by atoms with Crippen molar-refractivity contribution in [2.45, 2.75) is 18.4 Å². The maximum absolute atomic E-state index is 13.1. The Labute approximate surface area is 204 Å². The Hall–Kier alpha value is -2.75. The Kier molecular flexibility index (Phi) is 7.30. The van der Waals surface area contributed by atoms with Crippen molar-refractivity contribution in [1.82, 2.24) is 0 Å². The predicted molar refractivity (Wildman–Crippen MR) is 132 cm³/mol. The number of aliphatic hydroxyl groups is 1. The summed E-state index contributed by atoms with van der Waals surface area (Å²) in [5.41, 5.74) is 5.99. The molecule has 11 heteroatoms. The normalized spacial score (nSPS) is 13.7. The SMILES string of the molecule is NC(CO)(CCc1ccc2c(=O)c3cc(Oc4cccc(Cl)c4)ccc3oc2c1)COP(=O)(O)O. The van der Waals surface area contributed by atoms with E-state index in [0.29, 0.717) is 44.9 Å². The molecule has 1 unspecified atom stereocenters. The number of aliphatic hydroxyl groups excluding tert-OH is 1. The quantitative estimate of drug-likeness (QED) is 0.189. The molecule has 0 fully saturated rings. The van der Waals surface area contributed by atoms with E-state index < -0.39 is 26.6 Å². The molecule has 4 aromatic rings. The molecule has 5 N–H and O–H groups in total. The first-order valence-corrected chi connectivity index (χ1v) is 12.5. The van der Waals surface area contributed by atoms with Crippen molar-refractivity contribution in [1.29, 1.82) is 0 Å². The van der Waals surface area contributed by atoms with Crippen LogP contribution < -0.4 is 15.9 Å². The van der Waals surface area contributed by atoms with Crippen molar-refractivity contribution in [3.8, 4) is 11.5 Å². The average Bonchev–Trinajstić information content (AvgIpc) is 2.81. The highest BCUT2D eigenvalue weighted by molar-refractivity contribution is 7.46. The number of phosphoric ester groups is 1. The van der Waals surface area contributed by atoms with Crippen molar-refractivity contribution >= 4 is 41.4 Å². The van der Waals surface area contributed by atoms with Crippen molar-refractivity contribution in [2.75, 3.05) is 13.2 Å². The molecule has 0 spiro atoms. The Balaban J connectivity index is 1.58. The number of halogens is 1. The summed E-state index contributed by atoms with van der Waals surface area (Å²) in [6.45, 7) is -1.04. The topological polar surface area (TPSA) is 152 Å². The monoisotopic (exact) mass is 519 g/mol. The largest absolute Gasteiger partial charge is 0.469 e. The second-order valence-corrected chi connectivity index (χ2v) is 9.94. The zero-order chi connectivity index (χ0) is 25.2. The molecular weight excluding hydrogens is 497 g/mol. The third-order valence-electron chi connectivity index (χ3n) is 5.48. The van der Waals surface area contributed by atoms with Crippen LogP contribution in [0.1, 0.15) is 12.0 Å². The second-order valence-electron chi connectivity index (χ2n) is 8.26. The van der Waals surface area contributed by atoms with Crippen LogP contribution >= 0.6 is 19.4 Å². The highest BCUT2D eigenvalue weighted by atomic mass is 35.5. The predicted octanol–water partition coefficient (Wildman–Crippen LogP) is 4.12. The molecular formula is C24H23ClNO8P. The molecule has 0 saturated carbocycles. The van der Waals surface area contributed by atoms with Gasteiger partial charge in [-0.05, 0) is 66.9 Å². The Morgan fingerprint density at radius 2 is 1.77 bits per heavy atom. The number of benzene rings is 3. The van der Waals surface area contributed by atoms with Crippen LogP contribution in [0.2, 0.25) is 5.02 Å². The summed E-state index contributed by atoms with van der Waals surface area (Å²) in [6, 6.07) is 16.9. The molecule has 4 rings (SSSR count). The number of ether oxygens (including phenoxy) is 1. The zero-order valence-electron chi connectivity index (χ0n) is 18.4. The van der Waals surface area contributed by atoms with Crippen LogP contribution in [-0.2, 0) is 15.5 Å². The molecule has 0 radical (unpaired) electrons. The van der Waals surface area contributed by atoms with Gasteiger partial charge in [-0.25, -0.2) is 4.57 Å². The van der Waals surface area contributed by atoms with Gasteiger partial charge < -0.3 is 29.8 Å². The number of hydrogen-bond donors (Lipinski definition) is 4. The van der Waals surface area contributed by atoms with Gasteiger partial charge in [0, 0.05) is 5.02 Å². The summed E-state index contributed by atoms with van der Waals surface area (Å²) in [5, 5.41) is 10.9. The van der Waals surface area contributed by atoms with Gasteiger partial charge in [0.25, 0.3) is 0 Å². The molecule has 1 atom stereocenters. The van der Waals surface area contributed by atoms with Crippen LogP contribution in [0.4, 0.5) is 0 Å². The van der Waals surface area contributed by atoms with Crippen LogP contribution in [0, 0.1) is 0 Å². The maximum atomic E-state index is 13.1. The summed E-state index contributed by atoms with van der Waals surface area (Å²) in [7, 11) is -4.71. The molecule has 1 heterocycles. The first-order valence-electron chi connectivity index (χ1n) is 10.6. The van der Waals surface area contributed by atoms with Gasteiger partial charge in [-0.15, -0.1) is 0 Å². The lowest BCUT2D eigenvalue weighted by Crippen LogP contribution is -2.48. The molecule has 9 nitrogen and oxygen atoms in total. The smallest absolute Gasteiger partial charge is 0.457 e. The molecule has 0 amide bonds. The Bertz CT molecular complexity index is 1480. The number of hydrogen-bond acceptors (Lipinski definition) is 7. The summed E-state index contributed by atoms with van der Waals surface area (Å²) >= 11 is 6.00. The molecule has 35 heavy (non-hydrogen) atoms. The number of phosphoric acid groups is 1. The van der Waals surface area contributed by atoms with Gasteiger partial charge >= 0.3 is 7.82 Å². The van der Waals surface area contributed by atoms with E-state index in [9.17, 15) is 14.5 Å². The number of nitrogens with two attached hydrogens (primary N) is 1. The number of fused-ring (bicyclic) bond motifs is 2. The van der Waals surface area contributed by atoms with Crippen LogP contribution in [0.25, 0.3) is 21.9 Å². The fourth-order valence-electron chi connectivity index (χ4n) is 3.57. The molecule has 0 aliphatic heterocycles. The Morgan fingerprint density at radius 3 is 2.49 bits per heavy atom. The van der Waals surface area contributed by atoms with Crippen molar-refractivity contribution < 1.29 is 33.1 Å². The molecule has 1 aromatic heterocycles. The maximum Gasteiger partial charge on any atom is 0.469 e. The highest BCUT2D eigenvalue weighted by Gasteiger charge is 2.28. The van der Waals surface area contributed by atoms with E-state index in [0.717, 1.165) is 5.56 Å². The fourth-order valence-corrected chi connectivity index (χ4v) is 4.17. The van der Waals surface area contributed by atoms with Crippen molar-refractivity contribution in [2.24, 2.45) is 5.73 Å². The summed E-state index contributed by atoms with van der Waals surface area (Å²) in [6.07, 6.45) is 0.530. The summed E-state index contributed by atoms with van der Waals surface area (Å²) in [5.74, 6) is 1.00. The van der Waals surface area contributed by atoms with E-state index in [-0.39, 0.29) is 11.8 Å². The minimum Gasteiger partial charge on any atom is -0.457 e. The molecule has 184 valence electrons. The lowest BCUT2D eigenvalue weighted by molar-refractivity contribution is 0.102. The van der Waals surface area contributed by atoms with Gasteiger partial charge in [0.15, 0.2) is 0 Å². The highest BCUT2D eigenvalue weighted by Crippen LogP contribution is 2.37. The van der Waals surface area contributed by atoms with Gasteiger partial charge in [-0.2, -0.15) is 0 Å². The van der Waals surface area contributed by atoms with E-state index in [1.807, 2.05) is 0 Å². The third kappa shape index (κ3) is 6.28. The third-order valence-corrected chi connectivity index (χ3v) is 6.19. The molecule has 3 aromatic carbocycles. The van der Waals surface area contributed by atoms with Crippen LogP contribution in [0.15, 0.2) is 69.9 Å². The molecule has 0 saturated heterocycles. The number of rotatable bonds is 9.